The first-order valence-electron chi connectivity index (χ1n) is 8.18. The number of methoxy groups -OCH3 is 1. The van der Waals surface area contributed by atoms with Crippen LogP contribution < -0.4 is 5.32 Å². The highest BCUT2D eigenvalue weighted by Gasteiger charge is 2.31. The number of carbonyl (C=O) groups is 2. The smallest absolute Gasteiger partial charge is 0.309 e. The first kappa shape index (κ1) is 17.7. The zero-order valence-corrected chi connectivity index (χ0v) is 13.8. The van der Waals surface area contributed by atoms with E-state index >= 15 is 0 Å². The normalized spacial score (nSPS) is 20.8. The number of hydrogen-bond donors (Lipinski definition) is 1. The lowest BCUT2D eigenvalue weighted by Crippen LogP contribution is -2.38. The molecule has 1 aliphatic rings. The third-order valence-electron chi connectivity index (χ3n) is 4.41. The topological polar surface area (TPSA) is 79.2 Å². The first-order chi connectivity index (χ1) is 11.7. The number of amides is 1. The highest BCUT2D eigenvalue weighted by molar-refractivity contribution is 6.01. The molecular formula is C19H22N2O3. The molecule has 1 saturated carbocycles. The number of benzene rings is 1. The van der Waals surface area contributed by atoms with Crippen LogP contribution in [0.5, 0.6) is 0 Å². The van der Waals surface area contributed by atoms with Gasteiger partial charge in [0, 0.05) is 6.54 Å². The van der Waals surface area contributed by atoms with Gasteiger partial charge >= 0.3 is 5.97 Å². The zero-order valence-electron chi connectivity index (χ0n) is 13.8. The number of esters is 1. The maximum absolute atomic E-state index is 12.2. The number of ether oxygens (including phenoxy) is 1. The van der Waals surface area contributed by atoms with Gasteiger partial charge in [0.1, 0.15) is 11.6 Å². The van der Waals surface area contributed by atoms with Crippen molar-refractivity contribution in [3.63, 3.8) is 0 Å². The van der Waals surface area contributed by atoms with Gasteiger partial charge in [0.2, 0.25) is 0 Å². The molecule has 1 aliphatic carbocycles. The molecule has 5 heteroatoms. The minimum Gasteiger partial charge on any atom is -0.469 e. The van der Waals surface area contributed by atoms with Gasteiger partial charge in [-0.05, 0) is 30.4 Å². The highest BCUT2D eigenvalue weighted by Crippen LogP contribution is 2.30. The number of nitrogens with zero attached hydrogens (tertiary/aromatic N) is 1. The number of nitrogens with one attached hydrogen (secondary N) is 1. The van der Waals surface area contributed by atoms with Crippen LogP contribution in [0.25, 0.3) is 6.08 Å². The summed E-state index contributed by atoms with van der Waals surface area (Å²) in [5, 5.41) is 12.0. The number of rotatable bonds is 5. The van der Waals surface area contributed by atoms with Crippen LogP contribution in [0.15, 0.2) is 35.9 Å². The Kier molecular flexibility index (Phi) is 6.56. The van der Waals surface area contributed by atoms with Crippen LogP contribution >= 0.6 is 0 Å². The van der Waals surface area contributed by atoms with Crippen LogP contribution in [0, 0.1) is 23.2 Å². The highest BCUT2D eigenvalue weighted by atomic mass is 16.5. The van der Waals surface area contributed by atoms with Crippen molar-refractivity contribution >= 4 is 18.0 Å². The number of carbonyl (C=O) groups excluding carboxylic acids is 2. The van der Waals surface area contributed by atoms with Crippen molar-refractivity contribution in [2.45, 2.75) is 25.7 Å². The third-order valence-corrected chi connectivity index (χ3v) is 4.41. The van der Waals surface area contributed by atoms with Gasteiger partial charge in [0.15, 0.2) is 0 Å². The first-order valence-corrected chi connectivity index (χ1v) is 8.18. The monoisotopic (exact) mass is 326 g/mol. The van der Waals surface area contributed by atoms with Crippen LogP contribution in [0.2, 0.25) is 0 Å². The van der Waals surface area contributed by atoms with Gasteiger partial charge in [-0.25, -0.2) is 0 Å². The molecular weight excluding hydrogens is 304 g/mol. The maximum Gasteiger partial charge on any atom is 0.309 e. The largest absolute Gasteiger partial charge is 0.469 e. The molecule has 0 spiro atoms. The van der Waals surface area contributed by atoms with Gasteiger partial charge < -0.3 is 10.1 Å². The Morgan fingerprint density at radius 1 is 1.29 bits per heavy atom. The molecule has 2 unspecified atom stereocenters. The molecule has 0 bridgehead atoms. The second-order valence-corrected chi connectivity index (χ2v) is 5.96. The Morgan fingerprint density at radius 3 is 2.67 bits per heavy atom. The van der Waals surface area contributed by atoms with Gasteiger partial charge in [-0.2, -0.15) is 5.26 Å². The summed E-state index contributed by atoms with van der Waals surface area (Å²) in [4.78, 5) is 24.1. The molecule has 1 N–H and O–H groups in total. The summed E-state index contributed by atoms with van der Waals surface area (Å²) in [5.74, 6) is -0.732. The Hall–Kier alpha value is -2.61. The van der Waals surface area contributed by atoms with E-state index in [0.717, 1.165) is 31.2 Å². The minimum atomic E-state index is -0.407. The average molecular weight is 326 g/mol. The fraction of sp³-hybridized carbons (Fsp3) is 0.421. The Morgan fingerprint density at radius 2 is 2.00 bits per heavy atom. The molecule has 1 fully saturated rings. The quantitative estimate of drug-likeness (QED) is 0.512. The van der Waals surface area contributed by atoms with Crippen molar-refractivity contribution in [3.05, 3.63) is 41.5 Å². The van der Waals surface area contributed by atoms with Crippen LogP contribution in [-0.2, 0) is 14.3 Å². The summed E-state index contributed by atoms with van der Waals surface area (Å²) >= 11 is 0. The third kappa shape index (κ3) is 4.69. The van der Waals surface area contributed by atoms with Crippen LogP contribution in [0.3, 0.4) is 0 Å². The fourth-order valence-electron chi connectivity index (χ4n) is 3.10. The van der Waals surface area contributed by atoms with Crippen molar-refractivity contribution in [2.24, 2.45) is 11.8 Å². The van der Waals surface area contributed by atoms with E-state index in [2.05, 4.69) is 5.32 Å². The molecule has 24 heavy (non-hydrogen) atoms. The van der Waals surface area contributed by atoms with Gasteiger partial charge in [0.25, 0.3) is 5.91 Å². The predicted molar refractivity (Wildman–Crippen MR) is 90.5 cm³/mol. The molecule has 0 saturated heterocycles. The Bertz CT molecular complexity index is 646. The Balaban J connectivity index is 1.99. The van der Waals surface area contributed by atoms with Gasteiger partial charge in [0.05, 0.1) is 13.0 Å². The summed E-state index contributed by atoms with van der Waals surface area (Å²) in [7, 11) is 1.39. The molecule has 0 heterocycles. The van der Waals surface area contributed by atoms with E-state index in [4.69, 9.17) is 4.74 Å². The lowest BCUT2D eigenvalue weighted by Gasteiger charge is -2.29. The van der Waals surface area contributed by atoms with E-state index < -0.39 is 5.91 Å². The molecule has 5 nitrogen and oxygen atoms in total. The van der Waals surface area contributed by atoms with E-state index in [-0.39, 0.29) is 23.4 Å². The summed E-state index contributed by atoms with van der Waals surface area (Å²) in [6, 6.07) is 11.2. The van der Waals surface area contributed by atoms with E-state index in [1.54, 1.807) is 6.08 Å². The molecule has 1 aromatic carbocycles. The van der Waals surface area contributed by atoms with E-state index in [1.807, 2.05) is 36.4 Å². The van der Waals surface area contributed by atoms with Crippen molar-refractivity contribution in [1.82, 2.24) is 5.32 Å². The van der Waals surface area contributed by atoms with E-state index in [9.17, 15) is 14.9 Å². The van der Waals surface area contributed by atoms with Crippen LogP contribution in [-0.4, -0.2) is 25.5 Å². The summed E-state index contributed by atoms with van der Waals surface area (Å²) in [6.07, 6.45) is 5.27. The lowest BCUT2D eigenvalue weighted by molar-refractivity contribution is -0.148. The molecule has 0 radical (unpaired) electrons. The summed E-state index contributed by atoms with van der Waals surface area (Å²) in [5.41, 5.74) is 0.862. The van der Waals surface area contributed by atoms with Crippen molar-refractivity contribution in [1.29, 1.82) is 5.26 Å². The van der Waals surface area contributed by atoms with Crippen molar-refractivity contribution in [2.75, 3.05) is 13.7 Å². The van der Waals surface area contributed by atoms with Crippen LogP contribution in [0.4, 0.5) is 0 Å². The summed E-state index contributed by atoms with van der Waals surface area (Å²) in [6.45, 7) is 0.381. The number of hydrogen-bond acceptors (Lipinski definition) is 4. The molecule has 0 aromatic heterocycles. The summed E-state index contributed by atoms with van der Waals surface area (Å²) < 4.78 is 4.86. The molecule has 2 rings (SSSR count). The fourth-order valence-corrected chi connectivity index (χ4v) is 3.10. The predicted octanol–water partition coefficient (Wildman–Crippen LogP) is 2.69. The molecule has 2 atom stereocenters. The van der Waals surface area contributed by atoms with E-state index in [1.165, 1.54) is 7.11 Å². The van der Waals surface area contributed by atoms with E-state index in [0.29, 0.717) is 6.54 Å². The molecule has 1 amide bonds. The second kappa shape index (κ2) is 8.88. The van der Waals surface area contributed by atoms with Crippen molar-refractivity contribution in [3.8, 4) is 6.07 Å². The minimum absolute atomic E-state index is 0.0617. The standard InChI is InChI=1S/C19H22N2O3/c1-24-19(23)17-10-6-5-9-15(17)13-21-18(22)16(12-20)11-14-7-3-2-4-8-14/h2-4,7-8,11,15,17H,5-6,9-10,13H2,1H3,(H,21,22)/b16-11+. The second-order valence-electron chi connectivity index (χ2n) is 5.96. The molecule has 126 valence electrons. The zero-order chi connectivity index (χ0) is 17.4. The molecule has 1 aromatic rings. The van der Waals surface area contributed by atoms with Gasteiger partial charge in [-0.3, -0.25) is 9.59 Å². The lowest BCUT2D eigenvalue weighted by atomic mass is 9.79. The van der Waals surface area contributed by atoms with Crippen LogP contribution in [0.1, 0.15) is 31.2 Å². The SMILES string of the molecule is COC(=O)C1CCCCC1CNC(=O)/C(C#N)=C/c1ccccc1. The maximum atomic E-state index is 12.2. The van der Waals surface area contributed by atoms with Gasteiger partial charge in [-0.1, -0.05) is 43.2 Å². The average Bonchev–Trinajstić information content (AvgIpc) is 2.64. The Labute approximate surface area is 142 Å². The molecule has 0 aliphatic heterocycles. The van der Waals surface area contributed by atoms with Gasteiger partial charge in [-0.15, -0.1) is 0 Å². The number of nitriles is 1. The van der Waals surface area contributed by atoms with Crippen molar-refractivity contribution < 1.29 is 14.3 Å².